The van der Waals surface area contributed by atoms with Gasteiger partial charge < -0.3 is 5.32 Å². The van der Waals surface area contributed by atoms with Crippen LogP contribution in [0.3, 0.4) is 0 Å². The summed E-state index contributed by atoms with van der Waals surface area (Å²) < 4.78 is 63.6. The van der Waals surface area contributed by atoms with Gasteiger partial charge in [-0.1, -0.05) is 6.92 Å². The van der Waals surface area contributed by atoms with E-state index in [0.717, 1.165) is 6.07 Å². The van der Waals surface area contributed by atoms with Crippen LogP contribution >= 0.6 is 0 Å². The standard InChI is InChI=1S/C11H15F3N2O2S/c1-2-16-19(17,18)4-3-15-7-8-5-10(13)11(14)6-9(8)12/h5-6,15-16H,2-4,7H2,1H3. The van der Waals surface area contributed by atoms with Crippen LogP contribution in [0.2, 0.25) is 0 Å². The normalized spacial score (nSPS) is 11.8. The minimum absolute atomic E-state index is 0.0558. The van der Waals surface area contributed by atoms with E-state index in [9.17, 15) is 21.6 Å². The Morgan fingerprint density at radius 1 is 1.11 bits per heavy atom. The number of halogens is 3. The lowest BCUT2D eigenvalue weighted by molar-refractivity contribution is 0.487. The predicted octanol–water partition coefficient (Wildman–Crippen LogP) is 1.13. The van der Waals surface area contributed by atoms with E-state index < -0.39 is 27.5 Å². The smallest absolute Gasteiger partial charge is 0.212 e. The quantitative estimate of drug-likeness (QED) is 0.586. The monoisotopic (exact) mass is 296 g/mol. The van der Waals surface area contributed by atoms with Crippen LogP contribution in [0.5, 0.6) is 0 Å². The maximum absolute atomic E-state index is 13.2. The third kappa shape index (κ3) is 5.17. The van der Waals surface area contributed by atoms with E-state index >= 15 is 0 Å². The molecule has 2 N–H and O–H groups in total. The van der Waals surface area contributed by atoms with Crippen molar-refractivity contribution in [2.45, 2.75) is 13.5 Å². The Morgan fingerprint density at radius 3 is 2.37 bits per heavy atom. The van der Waals surface area contributed by atoms with Crippen LogP contribution in [0.1, 0.15) is 12.5 Å². The molecule has 0 saturated carbocycles. The van der Waals surface area contributed by atoms with Crippen LogP contribution in [-0.2, 0) is 16.6 Å². The molecule has 108 valence electrons. The van der Waals surface area contributed by atoms with E-state index in [2.05, 4.69) is 10.0 Å². The highest BCUT2D eigenvalue weighted by atomic mass is 32.2. The molecule has 0 amide bonds. The van der Waals surface area contributed by atoms with Crippen LogP contribution in [0.15, 0.2) is 12.1 Å². The molecular formula is C11H15F3N2O2S. The lowest BCUT2D eigenvalue weighted by Gasteiger charge is -2.07. The molecule has 0 aliphatic rings. The molecule has 1 aromatic carbocycles. The second-order valence-electron chi connectivity index (χ2n) is 3.85. The van der Waals surface area contributed by atoms with Gasteiger partial charge in [-0.15, -0.1) is 0 Å². The van der Waals surface area contributed by atoms with Crippen molar-refractivity contribution in [2.75, 3.05) is 18.8 Å². The fourth-order valence-corrected chi connectivity index (χ4v) is 2.42. The number of hydrogen-bond donors (Lipinski definition) is 2. The zero-order chi connectivity index (χ0) is 14.5. The highest BCUT2D eigenvalue weighted by Gasteiger charge is 2.11. The van der Waals surface area contributed by atoms with Crippen LogP contribution in [-0.4, -0.2) is 27.3 Å². The largest absolute Gasteiger partial charge is 0.312 e. The van der Waals surface area contributed by atoms with Crippen molar-refractivity contribution in [2.24, 2.45) is 0 Å². The Balaban J connectivity index is 2.48. The molecule has 0 bridgehead atoms. The summed E-state index contributed by atoms with van der Waals surface area (Å²) in [7, 11) is -3.35. The Bertz CT molecular complexity index is 535. The molecule has 0 aliphatic carbocycles. The van der Waals surface area contributed by atoms with Gasteiger partial charge in [-0.2, -0.15) is 0 Å². The summed E-state index contributed by atoms with van der Waals surface area (Å²) in [6.07, 6.45) is 0. The third-order valence-electron chi connectivity index (χ3n) is 2.32. The molecule has 19 heavy (non-hydrogen) atoms. The molecule has 0 radical (unpaired) electrons. The molecule has 0 aromatic heterocycles. The van der Waals surface area contributed by atoms with E-state index in [1.807, 2.05) is 0 Å². The minimum Gasteiger partial charge on any atom is -0.312 e. The molecule has 0 saturated heterocycles. The van der Waals surface area contributed by atoms with Crippen molar-refractivity contribution in [1.82, 2.24) is 10.0 Å². The predicted molar refractivity (Wildman–Crippen MR) is 65.5 cm³/mol. The van der Waals surface area contributed by atoms with Crippen molar-refractivity contribution in [3.8, 4) is 0 Å². The lowest BCUT2D eigenvalue weighted by atomic mass is 10.2. The summed E-state index contributed by atoms with van der Waals surface area (Å²) in [4.78, 5) is 0. The summed E-state index contributed by atoms with van der Waals surface area (Å²) in [5.74, 6) is -3.44. The summed E-state index contributed by atoms with van der Waals surface area (Å²) >= 11 is 0. The van der Waals surface area contributed by atoms with Gasteiger partial charge in [0.1, 0.15) is 5.82 Å². The average molecular weight is 296 g/mol. The SMILES string of the molecule is CCNS(=O)(=O)CCNCc1cc(F)c(F)cc1F. The van der Waals surface area contributed by atoms with Gasteiger partial charge in [0.2, 0.25) is 10.0 Å². The number of rotatable bonds is 7. The minimum atomic E-state index is -3.35. The molecule has 0 atom stereocenters. The van der Waals surface area contributed by atoms with Gasteiger partial charge in [0.25, 0.3) is 0 Å². The van der Waals surface area contributed by atoms with Crippen LogP contribution in [0.4, 0.5) is 13.2 Å². The molecule has 0 fully saturated rings. The van der Waals surface area contributed by atoms with Crippen LogP contribution in [0, 0.1) is 17.5 Å². The molecule has 0 aliphatic heterocycles. The Kier molecular flexibility index (Phi) is 5.77. The van der Waals surface area contributed by atoms with E-state index in [-0.39, 0.29) is 24.4 Å². The number of hydrogen-bond acceptors (Lipinski definition) is 3. The first-order valence-corrected chi connectivity index (χ1v) is 7.32. The lowest BCUT2D eigenvalue weighted by Crippen LogP contribution is -2.31. The van der Waals surface area contributed by atoms with E-state index in [1.165, 1.54) is 0 Å². The van der Waals surface area contributed by atoms with E-state index in [1.54, 1.807) is 6.92 Å². The molecule has 0 spiro atoms. The van der Waals surface area contributed by atoms with Gasteiger partial charge in [-0.3, -0.25) is 0 Å². The van der Waals surface area contributed by atoms with Gasteiger partial charge in [0, 0.05) is 31.3 Å². The van der Waals surface area contributed by atoms with Crippen LogP contribution < -0.4 is 10.0 Å². The average Bonchev–Trinajstić information content (AvgIpc) is 2.30. The van der Waals surface area contributed by atoms with Crippen molar-refractivity contribution in [3.63, 3.8) is 0 Å². The molecule has 1 rings (SSSR count). The Morgan fingerprint density at radius 2 is 1.74 bits per heavy atom. The first kappa shape index (κ1) is 15.9. The highest BCUT2D eigenvalue weighted by molar-refractivity contribution is 7.89. The molecule has 8 heteroatoms. The summed E-state index contributed by atoms with van der Waals surface area (Å²) in [6.45, 7) is 1.94. The van der Waals surface area contributed by atoms with Gasteiger partial charge in [0.15, 0.2) is 11.6 Å². The molecule has 0 heterocycles. The van der Waals surface area contributed by atoms with Crippen molar-refractivity contribution in [3.05, 3.63) is 35.1 Å². The fourth-order valence-electron chi connectivity index (χ4n) is 1.42. The van der Waals surface area contributed by atoms with Gasteiger partial charge >= 0.3 is 0 Å². The van der Waals surface area contributed by atoms with Crippen LogP contribution in [0.25, 0.3) is 0 Å². The first-order chi connectivity index (χ1) is 8.85. The second-order valence-corrected chi connectivity index (χ2v) is 5.78. The van der Waals surface area contributed by atoms with Gasteiger partial charge in [-0.25, -0.2) is 26.3 Å². The van der Waals surface area contributed by atoms with E-state index in [4.69, 9.17) is 0 Å². The zero-order valence-electron chi connectivity index (χ0n) is 10.3. The molecule has 1 aromatic rings. The summed E-state index contributed by atoms with van der Waals surface area (Å²) in [5.41, 5.74) is -0.0558. The number of benzene rings is 1. The van der Waals surface area contributed by atoms with Crippen molar-refractivity contribution < 1.29 is 21.6 Å². The molecule has 0 unspecified atom stereocenters. The zero-order valence-corrected chi connectivity index (χ0v) is 11.2. The van der Waals surface area contributed by atoms with Gasteiger partial charge in [-0.05, 0) is 6.07 Å². The van der Waals surface area contributed by atoms with Crippen molar-refractivity contribution >= 4 is 10.0 Å². The fraction of sp³-hybridized carbons (Fsp3) is 0.455. The Labute approximate surface area is 110 Å². The maximum atomic E-state index is 13.2. The van der Waals surface area contributed by atoms with Crippen molar-refractivity contribution in [1.29, 1.82) is 0 Å². The van der Waals surface area contributed by atoms with E-state index in [0.29, 0.717) is 12.6 Å². The first-order valence-electron chi connectivity index (χ1n) is 5.67. The number of sulfonamides is 1. The summed E-state index contributed by atoms with van der Waals surface area (Å²) in [5, 5.41) is 2.66. The topological polar surface area (TPSA) is 58.2 Å². The molecular weight excluding hydrogens is 281 g/mol. The Hall–Kier alpha value is -1.12. The highest BCUT2D eigenvalue weighted by Crippen LogP contribution is 2.13. The van der Waals surface area contributed by atoms with Gasteiger partial charge in [0.05, 0.1) is 5.75 Å². The third-order valence-corrected chi connectivity index (χ3v) is 3.79. The molecule has 4 nitrogen and oxygen atoms in total. The second kappa shape index (κ2) is 6.88. The number of nitrogens with one attached hydrogen (secondary N) is 2. The summed E-state index contributed by atoms with van der Waals surface area (Å²) in [6, 6.07) is 1.21. The maximum Gasteiger partial charge on any atom is 0.212 e.